The van der Waals surface area contributed by atoms with Crippen LogP contribution in [-0.2, 0) is 6.18 Å². The standard InChI is InChI=1S/C13H17ClF3N3/c1-8-4-2-3-5-9(8)7-18-11-6-10(13(15,16)17)19-12(14)20-11/h6,8-9H,2-5,7H2,1H3,(H,18,19,20). The summed E-state index contributed by atoms with van der Waals surface area (Å²) >= 11 is 5.54. The maximum Gasteiger partial charge on any atom is 0.433 e. The summed E-state index contributed by atoms with van der Waals surface area (Å²) in [5.41, 5.74) is -1.02. The van der Waals surface area contributed by atoms with E-state index < -0.39 is 11.9 Å². The molecule has 0 spiro atoms. The highest BCUT2D eigenvalue weighted by molar-refractivity contribution is 6.28. The predicted octanol–water partition coefficient (Wildman–Crippen LogP) is 4.39. The van der Waals surface area contributed by atoms with Crippen LogP contribution in [0.1, 0.15) is 38.3 Å². The maximum absolute atomic E-state index is 12.6. The Kier molecular flexibility index (Phi) is 4.73. The Labute approximate surface area is 120 Å². The van der Waals surface area contributed by atoms with E-state index in [-0.39, 0.29) is 11.1 Å². The normalized spacial score (nSPS) is 23.6. The highest BCUT2D eigenvalue weighted by Gasteiger charge is 2.33. The second-order valence-corrected chi connectivity index (χ2v) is 5.65. The minimum absolute atomic E-state index is 0.134. The lowest BCUT2D eigenvalue weighted by Crippen LogP contribution is -2.25. The Bertz CT molecular complexity index is 465. The minimum Gasteiger partial charge on any atom is -0.370 e. The van der Waals surface area contributed by atoms with Crippen LogP contribution in [0.2, 0.25) is 5.28 Å². The Morgan fingerprint density at radius 2 is 2.00 bits per heavy atom. The molecule has 0 radical (unpaired) electrons. The molecule has 0 bridgehead atoms. The van der Waals surface area contributed by atoms with E-state index >= 15 is 0 Å². The summed E-state index contributed by atoms with van der Waals surface area (Å²) in [4.78, 5) is 7.00. The van der Waals surface area contributed by atoms with Crippen molar-refractivity contribution < 1.29 is 13.2 Å². The third kappa shape index (κ3) is 3.98. The highest BCUT2D eigenvalue weighted by atomic mass is 35.5. The number of halogens is 4. The summed E-state index contributed by atoms with van der Waals surface area (Å²) in [6.45, 7) is 2.80. The molecule has 0 aromatic carbocycles. The third-order valence-electron chi connectivity index (χ3n) is 3.82. The van der Waals surface area contributed by atoms with Crippen molar-refractivity contribution in [2.45, 2.75) is 38.8 Å². The lowest BCUT2D eigenvalue weighted by molar-refractivity contribution is -0.141. The largest absolute Gasteiger partial charge is 0.433 e. The van der Waals surface area contributed by atoms with E-state index in [1.165, 1.54) is 19.3 Å². The molecular weight excluding hydrogens is 291 g/mol. The van der Waals surface area contributed by atoms with Gasteiger partial charge < -0.3 is 5.32 Å². The molecule has 2 unspecified atom stereocenters. The molecule has 1 saturated carbocycles. The lowest BCUT2D eigenvalue weighted by Gasteiger charge is -2.29. The number of anilines is 1. The van der Waals surface area contributed by atoms with Crippen LogP contribution in [0.25, 0.3) is 0 Å². The molecule has 1 N–H and O–H groups in total. The van der Waals surface area contributed by atoms with E-state index in [0.29, 0.717) is 18.4 Å². The molecule has 2 rings (SSSR count). The smallest absolute Gasteiger partial charge is 0.370 e. The first-order valence-corrected chi connectivity index (χ1v) is 7.09. The lowest BCUT2D eigenvalue weighted by atomic mass is 9.80. The summed E-state index contributed by atoms with van der Waals surface area (Å²) in [5.74, 6) is 1.18. The number of aromatic nitrogens is 2. The van der Waals surface area contributed by atoms with Gasteiger partial charge >= 0.3 is 6.18 Å². The predicted molar refractivity (Wildman–Crippen MR) is 71.7 cm³/mol. The molecule has 2 atom stereocenters. The molecule has 20 heavy (non-hydrogen) atoms. The van der Waals surface area contributed by atoms with Gasteiger partial charge in [0.2, 0.25) is 5.28 Å². The fourth-order valence-electron chi connectivity index (χ4n) is 2.59. The van der Waals surface area contributed by atoms with Crippen molar-refractivity contribution in [3.05, 3.63) is 17.0 Å². The first-order valence-electron chi connectivity index (χ1n) is 6.72. The van der Waals surface area contributed by atoms with Crippen molar-refractivity contribution in [1.82, 2.24) is 9.97 Å². The van der Waals surface area contributed by atoms with E-state index in [2.05, 4.69) is 22.2 Å². The van der Waals surface area contributed by atoms with E-state index in [9.17, 15) is 13.2 Å². The zero-order valence-corrected chi connectivity index (χ0v) is 11.9. The number of alkyl halides is 3. The van der Waals surface area contributed by atoms with E-state index in [1.807, 2.05) is 0 Å². The maximum atomic E-state index is 12.6. The third-order valence-corrected chi connectivity index (χ3v) is 3.99. The molecule has 1 fully saturated rings. The van der Waals surface area contributed by atoms with E-state index in [4.69, 9.17) is 11.6 Å². The van der Waals surface area contributed by atoms with Crippen molar-refractivity contribution >= 4 is 17.4 Å². The van der Waals surface area contributed by atoms with Gasteiger partial charge in [-0.05, 0) is 29.9 Å². The van der Waals surface area contributed by atoms with Crippen LogP contribution in [0.3, 0.4) is 0 Å². The van der Waals surface area contributed by atoms with E-state index in [0.717, 1.165) is 12.5 Å². The molecule has 1 aromatic rings. The Morgan fingerprint density at radius 3 is 2.65 bits per heavy atom. The summed E-state index contributed by atoms with van der Waals surface area (Å²) < 4.78 is 37.9. The van der Waals surface area contributed by atoms with Gasteiger partial charge in [0, 0.05) is 12.6 Å². The Hall–Kier alpha value is -1.04. The van der Waals surface area contributed by atoms with Crippen molar-refractivity contribution in [3.63, 3.8) is 0 Å². The summed E-state index contributed by atoms with van der Waals surface area (Å²) in [6, 6.07) is 0.902. The van der Waals surface area contributed by atoms with Gasteiger partial charge in [0.05, 0.1) is 0 Å². The van der Waals surface area contributed by atoms with Crippen LogP contribution in [0.5, 0.6) is 0 Å². The van der Waals surface area contributed by atoms with Crippen LogP contribution in [0, 0.1) is 11.8 Å². The number of nitrogens with one attached hydrogen (secondary N) is 1. The van der Waals surface area contributed by atoms with Gasteiger partial charge in [-0.3, -0.25) is 0 Å². The quantitative estimate of drug-likeness (QED) is 0.842. The van der Waals surface area contributed by atoms with Gasteiger partial charge in [-0.15, -0.1) is 0 Å². The second kappa shape index (κ2) is 6.16. The first-order chi connectivity index (χ1) is 9.36. The molecular formula is C13H17ClF3N3. The summed E-state index contributed by atoms with van der Waals surface area (Å²) in [6.07, 6.45) is 0.162. The second-order valence-electron chi connectivity index (χ2n) is 5.31. The van der Waals surface area contributed by atoms with Crippen LogP contribution in [0.4, 0.5) is 19.0 Å². The molecule has 3 nitrogen and oxygen atoms in total. The number of hydrogen-bond acceptors (Lipinski definition) is 3. The van der Waals surface area contributed by atoms with Crippen molar-refractivity contribution in [1.29, 1.82) is 0 Å². The van der Waals surface area contributed by atoms with Crippen LogP contribution in [0.15, 0.2) is 6.07 Å². The first kappa shape index (κ1) is 15.4. The molecule has 1 aliphatic rings. The fourth-order valence-corrected chi connectivity index (χ4v) is 2.77. The minimum atomic E-state index is -4.51. The zero-order valence-electron chi connectivity index (χ0n) is 11.2. The Morgan fingerprint density at radius 1 is 1.30 bits per heavy atom. The van der Waals surface area contributed by atoms with Crippen LogP contribution < -0.4 is 5.32 Å². The average Bonchev–Trinajstić information content (AvgIpc) is 2.36. The SMILES string of the molecule is CC1CCCCC1CNc1cc(C(F)(F)F)nc(Cl)n1. The fraction of sp³-hybridized carbons (Fsp3) is 0.692. The highest BCUT2D eigenvalue weighted by Crippen LogP contribution is 2.31. The van der Waals surface area contributed by atoms with E-state index in [1.54, 1.807) is 0 Å². The molecule has 0 saturated heterocycles. The van der Waals surface area contributed by atoms with Gasteiger partial charge in [-0.2, -0.15) is 13.2 Å². The summed E-state index contributed by atoms with van der Waals surface area (Å²) in [5, 5.41) is 2.57. The van der Waals surface area contributed by atoms with Crippen LogP contribution >= 0.6 is 11.6 Å². The van der Waals surface area contributed by atoms with Crippen LogP contribution in [-0.4, -0.2) is 16.5 Å². The van der Waals surface area contributed by atoms with Gasteiger partial charge in [0.1, 0.15) is 5.82 Å². The molecule has 112 valence electrons. The molecule has 1 heterocycles. The van der Waals surface area contributed by atoms with Gasteiger partial charge in [-0.25, -0.2) is 9.97 Å². The summed E-state index contributed by atoms with van der Waals surface area (Å²) in [7, 11) is 0. The molecule has 7 heteroatoms. The number of nitrogens with zero attached hydrogens (tertiary/aromatic N) is 2. The zero-order chi connectivity index (χ0) is 14.8. The number of rotatable bonds is 3. The molecule has 1 aromatic heterocycles. The van der Waals surface area contributed by atoms with Crippen molar-refractivity contribution in [2.75, 3.05) is 11.9 Å². The van der Waals surface area contributed by atoms with Gasteiger partial charge in [0.15, 0.2) is 5.69 Å². The van der Waals surface area contributed by atoms with Crippen molar-refractivity contribution in [2.24, 2.45) is 11.8 Å². The Balaban J connectivity index is 2.04. The number of hydrogen-bond donors (Lipinski definition) is 1. The van der Waals surface area contributed by atoms with Gasteiger partial charge in [-0.1, -0.05) is 26.2 Å². The molecule has 1 aliphatic carbocycles. The van der Waals surface area contributed by atoms with Crippen molar-refractivity contribution in [3.8, 4) is 0 Å². The molecule has 0 aliphatic heterocycles. The monoisotopic (exact) mass is 307 g/mol. The average molecular weight is 308 g/mol. The molecule has 0 amide bonds. The topological polar surface area (TPSA) is 37.8 Å². The van der Waals surface area contributed by atoms with Gasteiger partial charge in [0.25, 0.3) is 0 Å².